The van der Waals surface area contributed by atoms with Gasteiger partial charge in [-0.3, -0.25) is 0 Å². The molecule has 2 heteroatoms. The van der Waals surface area contributed by atoms with Crippen LogP contribution in [0.4, 0.5) is 0 Å². The molecule has 1 aromatic carbocycles. The lowest BCUT2D eigenvalue weighted by Gasteiger charge is -2.04. The van der Waals surface area contributed by atoms with Gasteiger partial charge in [0.25, 0.3) is 0 Å². The van der Waals surface area contributed by atoms with E-state index >= 15 is 0 Å². The number of hydrogen-bond acceptors (Lipinski definition) is 2. The van der Waals surface area contributed by atoms with Gasteiger partial charge in [0.05, 0.1) is 0 Å². The fraction of sp³-hybridized carbons (Fsp3) is 0.286. The maximum atomic E-state index is 9.82. The summed E-state index contributed by atoms with van der Waals surface area (Å²) in [7, 11) is 0. The van der Waals surface area contributed by atoms with Crippen LogP contribution < -0.4 is 5.32 Å². The summed E-state index contributed by atoms with van der Waals surface area (Å²) in [5, 5.41) is 13.3. The number of hydrogen-bond donors (Lipinski definition) is 2. The molecule has 0 aromatic heterocycles. The van der Waals surface area contributed by atoms with Crippen LogP contribution in [0.5, 0.6) is 5.75 Å². The number of fused-ring (bicyclic) bond motifs is 1. The Hall–Kier alpha value is -1.54. The summed E-state index contributed by atoms with van der Waals surface area (Å²) >= 11 is 0. The molecule has 2 aliphatic rings. The topological polar surface area (TPSA) is 32.3 Å². The molecule has 82 valence electrons. The lowest BCUT2D eigenvalue weighted by atomic mass is 10.0. The van der Waals surface area contributed by atoms with Crippen molar-refractivity contribution in [3.63, 3.8) is 0 Å². The lowest BCUT2D eigenvalue weighted by Crippen LogP contribution is -2.15. The highest BCUT2D eigenvalue weighted by molar-refractivity contribution is 5.92. The Balaban J connectivity index is 1.81. The first kappa shape index (κ1) is 9.67. The summed E-state index contributed by atoms with van der Waals surface area (Å²) in [6.07, 6.45) is 8.89. The normalized spacial score (nSPS) is 20.4. The Kier molecular flexibility index (Phi) is 2.29. The third-order valence-corrected chi connectivity index (χ3v) is 3.11. The molecule has 0 unspecified atom stereocenters. The monoisotopic (exact) mass is 213 g/mol. The molecule has 0 radical (unpaired) electrons. The summed E-state index contributed by atoms with van der Waals surface area (Å²) in [6, 6.07) is 6.38. The second-order valence-corrected chi connectivity index (χ2v) is 4.42. The van der Waals surface area contributed by atoms with Crippen LogP contribution in [0.3, 0.4) is 0 Å². The zero-order valence-electron chi connectivity index (χ0n) is 9.11. The summed E-state index contributed by atoms with van der Waals surface area (Å²) < 4.78 is 0. The van der Waals surface area contributed by atoms with Crippen molar-refractivity contribution < 1.29 is 5.11 Å². The van der Waals surface area contributed by atoms with Crippen molar-refractivity contribution >= 4 is 11.6 Å². The lowest BCUT2D eigenvalue weighted by molar-refractivity contribution is 0.473. The van der Waals surface area contributed by atoms with E-state index in [1.165, 1.54) is 12.8 Å². The minimum atomic E-state index is 0.375. The van der Waals surface area contributed by atoms with E-state index in [9.17, 15) is 5.11 Å². The molecular weight excluding hydrogens is 198 g/mol. The van der Waals surface area contributed by atoms with Gasteiger partial charge in [-0.15, -0.1) is 0 Å². The van der Waals surface area contributed by atoms with Gasteiger partial charge in [-0.1, -0.05) is 30.4 Å². The van der Waals surface area contributed by atoms with Crippen molar-refractivity contribution in [1.29, 1.82) is 0 Å². The van der Waals surface area contributed by atoms with Crippen molar-refractivity contribution in [2.24, 2.45) is 0 Å². The highest BCUT2D eigenvalue weighted by atomic mass is 16.3. The quantitative estimate of drug-likeness (QED) is 0.808. The predicted molar refractivity (Wildman–Crippen MR) is 66.1 cm³/mol. The highest BCUT2D eigenvalue weighted by Gasteiger charge is 2.20. The largest absolute Gasteiger partial charge is 0.507 e. The van der Waals surface area contributed by atoms with E-state index in [0.717, 1.165) is 29.3 Å². The zero-order chi connectivity index (χ0) is 11.0. The standard InChI is InChI=1S/C14H15NO/c16-13-3-1-2-10-4-5-11(14(10)13)8-9-15-12-6-7-12/h1-5,8,12,15-16H,6-7,9H2/b11-8+. The SMILES string of the molecule is Oc1cccc2c1/C(=C/CNC1CC1)C=C2. The molecule has 0 atom stereocenters. The average Bonchev–Trinajstić information content (AvgIpc) is 3.00. The summed E-state index contributed by atoms with van der Waals surface area (Å²) in [4.78, 5) is 0. The second-order valence-electron chi connectivity index (χ2n) is 4.42. The van der Waals surface area contributed by atoms with E-state index < -0.39 is 0 Å². The van der Waals surface area contributed by atoms with Gasteiger partial charge in [-0.25, -0.2) is 0 Å². The molecule has 0 amide bonds. The van der Waals surface area contributed by atoms with Crippen molar-refractivity contribution in [2.45, 2.75) is 18.9 Å². The Bertz CT molecular complexity index is 470. The molecule has 2 nitrogen and oxygen atoms in total. The molecule has 1 saturated carbocycles. The number of phenolic OH excluding ortho intramolecular Hbond substituents is 1. The first-order valence-electron chi connectivity index (χ1n) is 5.78. The van der Waals surface area contributed by atoms with Crippen LogP contribution in [0.15, 0.2) is 30.4 Å². The number of phenols is 1. The van der Waals surface area contributed by atoms with E-state index in [1.54, 1.807) is 6.07 Å². The van der Waals surface area contributed by atoms with Gasteiger partial charge in [0, 0.05) is 18.2 Å². The third-order valence-electron chi connectivity index (χ3n) is 3.11. The van der Waals surface area contributed by atoms with Crippen molar-refractivity contribution in [2.75, 3.05) is 6.54 Å². The van der Waals surface area contributed by atoms with Gasteiger partial charge < -0.3 is 10.4 Å². The number of nitrogens with one attached hydrogen (secondary N) is 1. The van der Waals surface area contributed by atoms with Crippen LogP contribution in [0.1, 0.15) is 24.0 Å². The van der Waals surface area contributed by atoms with E-state index in [1.807, 2.05) is 12.1 Å². The Labute approximate surface area is 95.3 Å². The fourth-order valence-corrected chi connectivity index (χ4v) is 2.07. The summed E-state index contributed by atoms with van der Waals surface area (Å²) in [6.45, 7) is 0.887. The Morgan fingerprint density at radius 2 is 2.19 bits per heavy atom. The third kappa shape index (κ3) is 1.76. The molecule has 16 heavy (non-hydrogen) atoms. The maximum absolute atomic E-state index is 9.82. The molecule has 2 aliphatic carbocycles. The number of rotatable bonds is 3. The minimum absolute atomic E-state index is 0.375. The van der Waals surface area contributed by atoms with Crippen molar-refractivity contribution in [3.05, 3.63) is 41.5 Å². The molecule has 1 fully saturated rings. The summed E-state index contributed by atoms with van der Waals surface area (Å²) in [5.74, 6) is 0.375. The molecule has 0 spiro atoms. The van der Waals surface area contributed by atoms with Gasteiger partial charge >= 0.3 is 0 Å². The van der Waals surface area contributed by atoms with Gasteiger partial charge in [-0.2, -0.15) is 0 Å². The number of allylic oxidation sites excluding steroid dienone is 2. The fourth-order valence-electron chi connectivity index (χ4n) is 2.07. The molecule has 0 heterocycles. The zero-order valence-corrected chi connectivity index (χ0v) is 9.11. The molecule has 0 aliphatic heterocycles. The molecule has 0 bridgehead atoms. The first-order valence-corrected chi connectivity index (χ1v) is 5.78. The molecular formula is C14H15NO. The van der Waals surface area contributed by atoms with Crippen molar-refractivity contribution in [3.8, 4) is 5.75 Å². The van der Waals surface area contributed by atoms with Crippen LogP contribution in [-0.4, -0.2) is 17.7 Å². The average molecular weight is 213 g/mol. The van der Waals surface area contributed by atoms with E-state index in [4.69, 9.17) is 0 Å². The van der Waals surface area contributed by atoms with Crippen LogP contribution in [0.2, 0.25) is 0 Å². The molecule has 0 saturated heterocycles. The predicted octanol–water partition coefficient (Wildman–Crippen LogP) is 2.55. The molecule has 2 N–H and O–H groups in total. The van der Waals surface area contributed by atoms with E-state index in [-0.39, 0.29) is 0 Å². The second kappa shape index (κ2) is 3.80. The molecule has 1 aromatic rings. The van der Waals surface area contributed by atoms with Crippen LogP contribution >= 0.6 is 0 Å². The van der Waals surface area contributed by atoms with Gasteiger partial charge in [0.2, 0.25) is 0 Å². The molecule has 3 rings (SSSR count). The Morgan fingerprint density at radius 3 is 3.00 bits per heavy atom. The Morgan fingerprint density at radius 1 is 1.31 bits per heavy atom. The number of aromatic hydroxyl groups is 1. The van der Waals surface area contributed by atoms with E-state index in [0.29, 0.717) is 5.75 Å². The number of benzene rings is 1. The van der Waals surface area contributed by atoms with Gasteiger partial charge in [0.1, 0.15) is 5.75 Å². The van der Waals surface area contributed by atoms with Crippen LogP contribution in [0, 0.1) is 0 Å². The minimum Gasteiger partial charge on any atom is -0.507 e. The highest BCUT2D eigenvalue weighted by Crippen LogP contribution is 2.35. The van der Waals surface area contributed by atoms with Gasteiger partial charge in [-0.05, 0) is 30.0 Å². The van der Waals surface area contributed by atoms with Crippen LogP contribution in [0.25, 0.3) is 11.6 Å². The maximum Gasteiger partial charge on any atom is 0.123 e. The smallest absolute Gasteiger partial charge is 0.123 e. The first-order chi connectivity index (χ1) is 7.84. The summed E-state index contributed by atoms with van der Waals surface area (Å²) in [5.41, 5.74) is 3.21. The van der Waals surface area contributed by atoms with E-state index in [2.05, 4.69) is 23.5 Å². The van der Waals surface area contributed by atoms with Crippen LogP contribution in [-0.2, 0) is 0 Å². The van der Waals surface area contributed by atoms with Gasteiger partial charge in [0.15, 0.2) is 0 Å². The van der Waals surface area contributed by atoms with Crippen molar-refractivity contribution in [1.82, 2.24) is 5.32 Å².